The lowest BCUT2D eigenvalue weighted by molar-refractivity contribution is 0.0101. The van der Waals surface area contributed by atoms with E-state index in [4.69, 9.17) is 14.2 Å². The van der Waals surface area contributed by atoms with Crippen molar-refractivity contribution in [3.05, 3.63) is 60.2 Å². The van der Waals surface area contributed by atoms with Crippen LogP contribution in [0.2, 0.25) is 0 Å². The zero-order valence-electron chi connectivity index (χ0n) is 32.7. The van der Waals surface area contributed by atoms with Gasteiger partial charge in [-0.15, -0.1) is 0 Å². The largest absolute Gasteiger partial charge is 0.444 e. The topological polar surface area (TPSA) is 91.9 Å². The van der Waals surface area contributed by atoms with E-state index in [0.717, 1.165) is 0 Å². The fraction of sp³-hybridized carbons (Fsp3) is 0.548. The second-order valence-corrected chi connectivity index (χ2v) is 17.0. The maximum atomic E-state index is 13.5. The zero-order chi connectivity index (χ0) is 37.8. The standard InChI is InChI=1S/C42H58N4O6/c1-40(2,3)50-37(47)44-23-12-24-46(39(49)52-42(7,8)9)28-27-45(38(48)51-41(4,5)6)22-11-21-43(25-26-44)29-33-18-17-32-16-15-30-13-10-14-31-19-20-34(33)36(32)35(30)31/h10,13-20H,11-12,21-29H2,1-9H3. The van der Waals surface area contributed by atoms with E-state index < -0.39 is 29.0 Å². The van der Waals surface area contributed by atoms with Gasteiger partial charge in [-0.1, -0.05) is 54.6 Å². The molecule has 0 saturated carbocycles. The smallest absolute Gasteiger partial charge is 0.410 e. The van der Waals surface area contributed by atoms with Gasteiger partial charge in [-0.25, -0.2) is 14.4 Å². The second-order valence-electron chi connectivity index (χ2n) is 17.0. The van der Waals surface area contributed by atoms with E-state index in [1.165, 1.54) is 37.9 Å². The SMILES string of the molecule is CC(C)(C)OC(=O)N1CCCN(C(=O)OC(C)(C)C)CCN(C(=O)OC(C)(C)C)CCCN(Cc2ccc3ccc4cccc5ccc2c3c45)CC1. The van der Waals surface area contributed by atoms with Crippen molar-refractivity contribution >= 4 is 50.6 Å². The fourth-order valence-electron chi connectivity index (χ4n) is 6.75. The molecule has 0 aliphatic carbocycles. The summed E-state index contributed by atoms with van der Waals surface area (Å²) in [5.74, 6) is 0. The van der Waals surface area contributed by atoms with Crippen LogP contribution in [0.25, 0.3) is 32.3 Å². The number of nitrogens with zero attached hydrogens (tertiary/aromatic N) is 4. The molecule has 282 valence electrons. The lowest BCUT2D eigenvalue weighted by Gasteiger charge is -2.34. The first-order chi connectivity index (χ1) is 24.4. The molecule has 52 heavy (non-hydrogen) atoms. The molecule has 1 aliphatic heterocycles. The molecule has 4 aromatic carbocycles. The predicted octanol–water partition coefficient (Wildman–Crippen LogP) is 8.89. The van der Waals surface area contributed by atoms with Crippen molar-refractivity contribution < 1.29 is 28.6 Å². The number of hydrogen-bond acceptors (Lipinski definition) is 7. The number of carbonyl (C=O) groups is 3. The van der Waals surface area contributed by atoms with Crippen molar-refractivity contribution in [3.8, 4) is 0 Å². The van der Waals surface area contributed by atoms with Crippen LogP contribution in [-0.4, -0.2) is 107 Å². The first kappa shape index (κ1) is 38.9. The maximum Gasteiger partial charge on any atom is 0.410 e. The van der Waals surface area contributed by atoms with E-state index in [1.807, 2.05) is 62.3 Å². The minimum Gasteiger partial charge on any atom is -0.444 e. The van der Waals surface area contributed by atoms with Crippen molar-refractivity contribution in [1.29, 1.82) is 0 Å². The minimum absolute atomic E-state index is 0.271. The van der Waals surface area contributed by atoms with Crippen molar-refractivity contribution in [2.75, 3.05) is 52.4 Å². The molecule has 0 bridgehead atoms. The highest BCUT2D eigenvalue weighted by molar-refractivity contribution is 6.23. The van der Waals surface area contributed by atoms with E-state index in [9.17, 15) is 14.4 Å². The van der Waals surface area contributed by atoms with Gasteiger partial charge in [-0.3, -0.25) is 4.90 Å². The van der Waals surface area contributed by atoms with Crippen molar-refractivity contribution in [2.24, 2.45) is 0 Å². The maximum absolute atomic E-state index is 13.5. The monoisotopic (exact) mass is 714 g/mol. The molecule has 4 aromatic rings. The third-order valence-corrected chi connectivity index (χ3v) is 9.05. The quantitative estimate of drug-likeness (QED) is 0.151. The molecule has 0 spiro atoms. The van der Waals surface area contributed by atoms with Gasteiger partial charge in [0.2, 0.25) is 0 Å². The molecule has 0 atom stereocenters. The van der Waals surface area contributed by atoms with Gasteiger partial charge in [0.25, 0.3) is 0 Å². The van der Waals surface area contributed by atoms with Gasteiger partial charge in [-0.2, -0.15) is 0 Å². The second kappa shape index (κ2) is 15.7. The summed E-state index contributed by atoms with van der Waals surface area (Å²) in [6.45, 7) is 20.8. The molecule has 5 rings (SSSR count). The number of benzene rings is 4. The van der Waals surface area contributed by atoms with Gasteiger partial charge in [-0.05, 0) is 113 Å². The van der Waals surface area contributed by atoms with Crippen molar-refractivity contribution in [3.63, 3.8) is 0 Å². The average Bonchev–Trinajstić information content (AvgIpc) is 3.03. The Labute approximate surface area is 309 Å². The van der Waals surface area contributed by atoms with E-state index >= 15 is 0 Å². The fourth-order valence-corrected chi connectivity index (χ4v) is 6.75. The van der Waals surface area contributed by atoms with Crippen LogP contribution < -0.4 is 0 Å². The number of carbonyl (C=O) groups excluding carboxylic acids is 3. The van der Waals surface area contributed by atoms with Gasteiger partial charge in [0.05, 0.1) is 0 Å². The van der Waals surface area contributed by atoms with Crippen LogP contribution in [0.1, 0.15) is 80.7 Å². The van der Waals surface area contributed by atoms with Gasteiger partial charge in [0.15, 0.2) is 0 Å². The summed E-state index contributed by atoms with van der Waals surface area (Å²) in [4.78, 5) is 47.8. The number of rotatable bonds is 2. The molecule has 0 aromatic heterocycles. The first-order valence-corrected chi connectivity index (χ1v) is 18.7. The molecule has 0 unspecified atom stereocenters. The van der Waals surface area contributed by atoms with Crippen molar-refractivity contribution in [1.82, 2.24) is 19.6 Å². The van der Waals surface area contributed by atoms with Crippen LogP contribution in [0.15, 0.2) is 54.6 Å². The Kier molecular flexibility index (Phi) is 11.8. The summed E-state index contributed by atoms with van der Waals surface area (Å²) >= 11 is 0. The zero-order valence-corrected chi connectivity index (χ0v) is 32.7. The average molecular weight is 715 g/mol. The predicted molar refractivity (Wildman–Crippen MR) is 208 cm³/mol. The highest BCUT2D eigenvalue weighted by Crippen LogP contribution is 2.36. The van der Waals surface area contributed by atoms with Gasteiger partial charge >= 0.3 is 18.3 Å². The molecule has 1 aliphatic rings. The molecule has 0 radical (unpaired) electrons. The molecular weight excluding hydrogens is 656 g/mol. The normalized spacial score (nSPS) is 16.7. The molecule has 10 heteroatoms. The van der Waals surface area contributed by atoms with E-state index in [-0.39, 0.29) is 12.6 Å². The Morgan fingerprint density at radius 3 is 1.38 bits per heavy atom. The third kappa shape index (κ3) is 10.4. The van der Waals surface area contributed by atoms with Crippen molar-refractivity contribution in [2.45, 2.75) is 98.5 Å². The Morgan fingerprint density at radius 2 is 0.904 bits per heavy atom. The molecule has 3 amide bonds. The lowest BCUT2D eigenvalue weighted by atomic mass is 9.92. The molecule has 10 nitrogen and oxygen atoms in total. The Hall–Kier alpha value is -4.31. The van der Waals surface area contributed by atoms with Crippen LogP contribution in [0.4, 0.5) is 14.4 Å². The lowest BCUT2D eigenvalue weighted by Crippen LogP contribution is -2.47. The van der Waals surface area contributed by atoms with Crippen LogP contribution >= 0.6 is 0 Å². The molecule has 0 N–H and O–H groups in total. The van der Waals surface area contributed by atoms with Gasteiger partial charge < -0.3 is 28.9 Å². The van der Waals surface area contributed by atoms with Gasteiger partial charge in [0.1, 0.15) is 16.8 Å². The summed E-state index contributed by atoms with van der Waals surface area (Å²) in [6, 6.07) is 19.7. The Balaban J connectivity index is 1.44. The van der Waals surface area contributed by atoms with Crippen LogP contribution in [-0.2, 0) is 20.8 Å². The van der Waals surface area contributed by atoms with Gasteiger partial charge in [0, 0.05) is 58.9 Å². The number of amides is 3. The third-order valence-electron chi connectivity index (χ3n) is 9.05. The number of hydrogen-bond donors (Lipinski definition) is 0. The Bertz CT molecular complexity index is 1840. The molecule has 1 saturated heterocycles. The molecular formula is C42H58N4O6. The molecule has 1 fully saturated rings. The Morgan fingerprint density at radius 1 is 0.500 bits per heavy atom. The summed E-state index contributed by atoms with van der Waals surface area (Å²) in [5, 5.41) is 7.45. The minimum atomic E-state index is -0.679. The summed E-state index contributed by atoms with van der Waals surface area (Å²) in [6.07, 6.45) is -0.0449. The highest BCUT2D eigenvalue weighted by Gasteiger charge is 2.28. The highest BCUT2D eigenvalue weighted by atomic mass is 16.6. The summed E-state index contributed by atoms with van der Waals surface area (Å²) < 4.78 is 17.4. The van der Waals surface area contributed by atoms with E-state index in [2.05, 4.69) is 59.5 Å². The van der Waals surface area contributed by atoms with Crippen LogP contribution in [0.3, 0.4) is 0 Å². The first-order valence-electron chi connectivity index (χ1n) is 18.7. The van der Waals surface area contributed by atoms with Crippen LogP contribution in [0, 0.1) is 0 Å². The number of ether oxygens (including phenoxy) is 3. The summed E-state index contributed by atoms with van der Waals surface area (Å²) in [7, 11) is 0. The summed E-state index contributed by atoms with van der Waals surface area (Å²) in [5.41, 5.74) is -0.770. The van der Waals surface area contributed by atoms with E-state index in [1.54, 1.807) is 14.7 Å². The van der Waals surface area contributed by atoms with E-state index in [0.29, 0.717) is 65.2 Å². The molecule has 1 heterocycles. The van der Waals surface area contributed by atoms with Crippen LogP contribution in [0.5, 0.6) is 0 Å².